The standard InChI is InChI=1S/C18H22N4O3S/c19-17(23)16-14(22-18(20)24)8-15(26-16)12-5-3-11(4-6-12)9-21-10-13-2-1-7-25-13/h3-6,8,13,21H,1-2,7,9-10H2,(H2,19,23)(H3,20,22,24). The lowest BCUT2D eigenvalue weighted by molar-refractivity contribution is 0.100. The number of benzene rings is 1. The van der Waals surface area contributed by atoms with Crippen LogP contribution in [0.15, 0.2) is 30.3 Å². The van der Waals surface area contributed by atoms with E-state index in [0.717, 1.165) is 48.5 Å². The van der Waals surface area contributed by atoms with Crippen molar-refractivity contribution in [1.29, 1.82) is 0 Å². The molecule has 2 heterocycles. The number of urea groups is 1. The molecule has 1 aliphatic heterocycles. The van der Waals surface area contributed by atoms with Gasteiger partial charge in [-0.1, -0.05) is 24.3 Å². The summed E-state index contributed by atoms with van der Waals surface area (Å²) >= 11 is 1.23. The van der Waals surface area contributed by atoms with Crippen molar-refractivity contribution in [3.63, 3.8) is 0 Å². The maximum atomic E-state index is 11.6. The third-order valence-electron chi connectivity index (χ3n) is 4.18. The second-order valence-corrected chi connectivity index (χ2v) is 7.22. The van der Waals surface area contributed by atoms with Crippen LogP contribution in [0.5, 0.6) is 0 Å². The van der Waals surface area contributed by atoms with E-state index in [1.165, 1.54) is 11.3 Å². The molecule has 1 fully saturated rings. The summed E-state index contributed by atoms with van der Waals surface area (Å²) in [6.45, 7) is 2.49. The zero-order valence-electron chi connectivity index (χ0n) is 14.3. The Labute approximate surface area is 155 Å². The van der Waals surface area contributed by atoms with Crippen molar-refractivity contribution in [2.45, 2.75) is 25.5 Å². The number of nitrogens with one attached hydrogen (secondary N) is 2. The molecule has 138 valence electrons. The SMILES string of the molecule is NC(=O)Nc1cc(-c2ccc(CNCC3CCCO3)cc2)sc1C(N)=O. The van der Waals surface area contributed by atoms with Gasteiger partial charge in [-0.05, 0) is 30.0 Å². The number of anilines is 1. The molecule has 3 rings (SSSR count). The highest BCUT2D eigenvalue weighted by Crippen LogP contribution is 2.34. The molecule has 26 heavy (non-hydrogen) atoms. The van der Waals surface area contributed by atoms with Crippen LogP contribution in [0.4, 0.5) is 10.5 Å². The second-order valence-electron chi connectivity index (χ2n) is 6.17. The lowest BCUT2D eigenvalue weighted by Gasteiger charge is -2.10. The number of rotatable bonds is 7. The molecular weight excluding hydrogens is 352 g/mol. The van der Waals surface area contributed by atoms with E-state index < -0.39 is 11.9 Å². The van der Waals surface area contributed by atoms with E-state index in [0.29, 0.717) is 11.8 Å². The number of carbonyl (C=O) groups is 2. The van der Waals surface area contributed by atoms with Crippen molar-refractivity contribution < 1.29 is 14.3 Å². The molecule has 0 bridgehead atoms. The largest absolute Gasteiger partial charge is 0.377 e. The average molecular weight is 374 g/mol. The minimum Gasteiger partial charge on any atom is -0.377 e. The van der Waals surface area contributed by atoms with Gasteiger partial charge in [0, 0.05) is 24.6 Å². The van der Waals surface area contributed by atoms with Gasteiger partial charge in [0.05, 0.1) is 11.8 Å². The number of hydrogen-bond donors (Lipinski definition) is 4. The van der Waals surface area contributed by atoms with E-state index >= 15 is 0 Å². The molecular formula is C18H22N4O3S. The van der Waals surface area contributed by atoms with Gasteiger partial charge in [-0.15, -0.1) is 11.3 Å². The molecule has 6 N–H and O–H groups in total. The van der Waals surface area contributed by atoms with Crippen LogP contribution in [0.1, 0.15) is 28.1 Å². The van der Waals surface area contributed by atoms with Gasteiger partial charge in [0.25, 0.3) is 5.91 Å². The summed E-state index contributed by atoms with van der Waals surface area (Å²) in [5, 5.41) is 5.85. The highest BCUT2D eigenvalue weighted by Gasteiger charge is 2.16. The molecule has 0 radical (unpaired) electrons. The smallest absolute Gasteiger partial charge is 0.316 e. The Morgan fingerprint density at radius 3 is 2.62 bits per heavy atom. The number of thiophene rings is 1. The van der Waals surface area contributed by atoms with E-state index in [2.05, 4.69) is 10.6 Å². The number of primary amides is 2. The van der Waals surface area contributed by atoms with Gasteiger partial charge in [-0.3, -0.25) is 4.79 Å². The molecule has 0 saturated carbocycles. The summed E-state index contributed by atoms with van der Waals surface area (Å²) in [7, 11) is 0. The van der Waals surface area contributed by atoms with Gasteiger partial charge < -0.3 is 26.8 Å². The summed E-state index contributed by atoms with van der Waals surface area (Å²) in [6.07, 6.45) is 2.58. The van der Waals surface area contributed by atoms with Crippen LogP contribution >= 0.6 is 11.3 Å². The Kier molecular flexibility index (Phi) is 5.87. The fraction of sp³-hybridized carbons (Fsp3) is 0.333. The first-order valence-corrected chi connectivity index (χ1v) is 9.26. The van der Waals surface area contributed by atoms with E-state index in [1.54, 1.807) is 6.07 Å². The van der Waals surface area contributed by atoms with Crippen LogP contribution in [0.2, 0.25) is 0 Å². The van der Waals surface area contributed by atoms with Gasteiger partial charge >= 0.3 is 6.03 Å². The van der Waals surface area contributed by atoms with E-state index in [9.17, 15) is 9.59 Å². The first kappa shape index (κ1) is 18.4. The van der Waals surface area contributed by atoms with E-state index in [4.69, 9.17) is 16.2 Å². The van der Waals surface area contributed by atoms with E-state index in [-0.39, 0.29) is 4.88 Å². The number of carbonyl (C=O) groups excluding carboxylic acids is 2. The normalized spacial score (nSPS) is 16.5. The average Bonchev–Trinajstić information content (AvgIpc) is 3.25. The third-order valence-corrected chi connectivity index (χ3v) is 5.38. The fourth-order valence-electron chi connectivity index (χ4n) is 2.91. The Bertz CT molecular complexity index is 782. The quantitative estimate of drug-likeness (QED) is 0.594. The summed E-state index contributed by atoms with van der Waals surface area (Å²) < 4.78 is 5.59. The molecule has 1 aliphatic rings. The number of amides is 3. The first-order chi connectivity index (χ1) is 12.5. The van der Waals surface area contributed by atoms with E-state index in [1.807, 2.05) is 24.3 Å². The Morgan fingerprint density at radius 2 is 2.00 bits per heavy atom. The van der Waals surface area contributed by atoms with Crippen LogP contribution in [0, 0.1) is 0 Å². The Balaban J connectivity index is 1.65. The highest BCUT2D eigenvalue weighted by molar-refractivity contribution is 7.18. The topological polar surface area (TPSA) is 119 Å². The van der Waals surface area contributed by atoms with Crippen molar-refractivity contribution in [2.24, 2.45) is 11.5 Å². The molecule has 2 aromatic rings. The molecule has 8 heteroatoms. The minimum absolute atomic E-state index is 0.279. The van der Waals surface area contributed by atoms with Crippen LogP contribution < -0.4 is 22.1 Å². The van der Waals surface area contributed by atoms with Gasteiger partial charge in [0.1, 0.15) is 4.88 Å². The van der Waals surface area contributed by atoms with Crippen LogP contribution in [-0.2, 0) is 11.3 Å². The molecule has 1 atom stereocenters. The lowest BCUT2D eigenvalue weighted by atomic mass is 10.1. The van der Waals surface area contributed by atoms with Crippen molar-refractivity contribution in [1.82, 2.24) is 5.32 Å². The van der Waals surface area contributed by atoms with Crippen molar-refractivity contribution in [3.05, 3.63) is 40.8 Å². The molecule has 1 aromatic carbocycles. The summed E-state index contributed by atoms with van der Waals surface area (Å²) in [5.41, 5.74) is 13.0. The molecule has 3 amide bonds. The predicted octanol–water partition coefficient (Wildman–Crippen LogP) is 2.27. The lowest BCUT2D eigenvalue weighted by Crippen LogP contribution is -2.25. The van der Waals surface area contributed by atoms with Gasteiger partial charge in [0.2, 0.25) is 0 Å². The molecule has 0 aliphatic carbocycles. The zero-order valence-corrected chi connectivity index (χ0v) is 15.1. The van der Waals surface area contributed by atoms with Crippen molar-refractivity contribution in [2.75, 3.05) is 18.5 Å². The monoisotopic (exact) mass is 374 g/mol. The number of ether oxygens (including phenoxy) is 1. The first-order valence-electron chi connectivity index (χ1n) is 8.44. The summed E-state index contributed by atoms with van der Waals surface area (Å²) in [6, 6.07) is 9.00. The molecule has 1 aromatic heterocycles. The van der Waals surface area contributed by atoms with Crippen LogP contribution in [0.25, 0.3) is 10.4 Å². The van der Waals surface area contributed by atoms with Gasteiger partial charge in [0.15, 0.2) is 0 Å². The summed E-state index contributed by atoms with van der Waals surface area (Å²) in [4.78, 5) is 23.7. The highest BCUT2D eigenvalue weighted by atomic mass is 32.1. The van der Waals surface area contributed by atoms with Crippen molar-refractivity contribution >= 4 is 29.0 Å². The van der Waals surface area contributed by atoms with Crippen LogP contribution in [0.3, 0.4) is 0 Å². The Hall–Kier alpha value is -2.42. The molecule has 1 unspecified atom stereocenters. The molecule has 1 saturated heterocycles. The van der Waals surface area contributed by atoms with Crippen molar-refractivity contribution in [3.8, 4) is 10.4 Å². The third kappa shape index (κ3) is 4.60. The summed E-state index contributed by atoms with van der Waals surface area (Å²) in [5.74, 6) is -0.597. The Morgan fingerprint density at radius 1 is 1.23 bits per heavy atom. The maximum Gasteiger partial charge on any atom is 0.316 e. The fourth-order valence-corrected chi connectivity index (χ4v) is 3.88. The maximum absolute atomic E-state index is 11.6. The second kappa shape index (κ2) is 8.31. The van der Waals surface area contributed by atoms with Crippen LogP contribution in [-0.4, -0.2) is 31.2 Å². The number of hydrogen-bond acceptors (Lipinski definition) is 5. The minimum atomic E-state index is -0.732. The zero-order chi connectivity index (χ0) is 18.5. The van der Waals surface area contributed by atoms with Gasteiger partial charge in [-0.25, -0.2) is 4.79 Å². The van der Waals surface area contributed by atoms with Gasteiger partial charge in [-0.2, -0.15) is 0 Å². The molecule has 0 spiro atoms. The molecule has 7 nitrogen and oxygen atoms in total. The predicted molar refractivity (Wildman–Crippen MR) is 102 cm³/mol. The number of nitrogens with two attached hydrogens (primary N) is 2.